The van der Waals surface area contributed by atoms with Crippen LogP contribution in [-0.2, 0) is 0 Å². The van der Waals surface area contributed by atoms with Crippen LogP contribution < -0.4 is 5.32 Å². The Morgan fingerprint density at radius 2 is 2.00 bits per heavy atom. The van der Waals surface area contributed by atoms with E-state index in [1.165, 1.54) is 12.8 Å². The first-order valence-corrected chi connectivity index (χ1v) is 2.70. The van der Waals surface area contributed by atoms with Crippen molar-refractivity contribution >= 4 is 0 Å². The summed E-state index contributed by atoms with van der Waals surface area (Å²) in [7, 11) is 0. The molecular formula is C5H7N. The predicted molar refractivity (Wildman–Crippen MR) is 22.4 cm³/mol. The minimum absolute atomic E-state index is 0.944. The fraction of sp³-hybridized carbons (Fsp3) is 1.00. The van der Waals surface area contributed by atoms with Gasteiger partial charge >= 0.3 is 0 Å². The van der Waals surface area contributed by atoms with Crippen LogP contribution >= 0.6 is 0 Å². The number of fused-ring (bicyclic) bond motifs is 3. The lowest BCUT2D eigenvalue weighted by atomic mass is 10.3. The van der Waals surface area contributed by atoms with Gasteiger partial charge in [-0.1, -0.05) is 0 Å². The van der Waals surface area contributed by atoms with Gasteiger partial charge in [-0.3, -0.25) is 0 Å². The molecule has 1 N–H and O–H groups in total. The minimum atomic E-state index is 0.944. The summed E-state index contributed by atoms with van der Waals surface area (Å²) >= 11 is 0. The van der Waals surface area contributed by atoms with E-state index in [-0.39, 0.29) is 0 Å². The molecule has 6 heavy (non-hydrogen) atoms. The van der Waals surface area contributed by atoms with Crippen LogP contribution in [0.4, 0.5) is 0 Å². The topological polar surface area (TPSA) is 21.9 Å². The monoisotopic (exact) mass is 81.1 g/mol. The molecule has 1 heteroatoms. The Kier molecular flexibility index (Phi) is 0.134. The molecule has 2 unspecified atom stereocenters. The van der Waals surface area contributed by atoms with Crippen LogP contribution in [0.25, 0.3) is 0 Å². The van der Waals surface area contributed by atoms with Crippen molar-refractivity contribution in [3.63, 3.8) is 0 Å². The molecule has 0 aromatic carbocycles. The molecular weight excluding hydrogens is 74.1 g/mol. The van der Waals surface area contributed by atoms with E-state index < -0.39 is 0 Å². The normalized spacial score (nSPS) is 64.0. The van der Waals surface area contributed by atoms with Gasteiger partial charge in [0, 0.05) is 17.5 Å². The highest BCUT2D eigenvalue weighted by Crippen LogP contribution is 2.73. The van der Waals surface area contributed by atoms with Gasteiger partial charge in [-0.2, -0.15) is 0 Å². The highest BCUT2D eigenvalue weighted by molar-refractivity contribution is 5.40. The second-order valence-corrected chi connectivity index (χ2v) is 2.86. The Hall–Kier alpha value is -0.0400. The van der Waals surface area contributed by atoms with Gasteiger partial charge in [-0.05, 0) is 12.8 Å². The highest BCUT2D eigenvalue weighted by atomic mass is 15.3. The Bertz CT molecular complexity index is 105. The van der Waals surface area contributed by atoms with Crippen molar-refractivity contribution in [1.29, 1.82) is 0 Å². The van der Waals surface area contributed by atoms with Gasteiger partial charge in [0.1, 0.15) is 0 Å². The van der Waals surface area contributed by atoms with Gasteiger partial charge in [0.2, 0.25) is 0 Å². The third kappa shape index (κ3) is 0.0790. The van der Waals surface area contributed by atoms with E-state index in [4.69, 9.17) is 0 Å². The van der Waals surface area contributed by atoms with E-state index in [9.17, 15) is 0 Å². The summed E-state index contributed by atoms with van der Waals surface area (Å²) in [5.41, 5.74) is 0.944. The van der Waals surface area contributed by atoms with Crippen molar-refractivity contribution in [2.45, 2.75) is 24.9 Å². The van der Waals surface area contributed by atoms with Crippen molar-refractivity contribution in [3.05, 3.63) is 0 Å². The third-order valence-corrected chi connectivity index (χ3v) is 2.54. The summed E-state index contributed by atoms with van der Waals surface area (Å²) in [6.45, 7) is 0. The van der Waals surface area contributed by atoms with Crippen molar-refractivity contribution in [1.82, 2.24) is 5.32 Å². The summed E-state index contributed by atoms with van der Waals surface area (Å²) in [5.74, 6) is 0. The molecule has 0 aromatic heterocycles. The van der Waals surface area contributed by atoms with E-state index in [1.54, 1.807) is 0 Å². The molecule has 0 bridgehead atoms. The lowest BCUT2D eigenvalue weighted by molar-refractivity contribution is 0.630. The van der Waals surface area contributed by atoms with E-state index in [2.05, 4.69) is 5.32 Å². The van der Waals surface area contributed by atoms with E-state index in [0.29, 0.717) is 0 Å². The Morgan fingerprint density at radius 1 is 1.33 bits per heavy atom. The van der Waals surface area contributed by atoms with Crippen LogP contribution in [-0.4, -0.2) is 12.1 Å². The fourth-order valence-electron chi connectivity index (χ4n) is 1.63. The Morgan fingerprint density at radius 3 is 2.00 bits per heavy atom. The summed E-state index contributed by atoms with van der Waals surface area (Å²) < 4.78 is 0. The van der Waals surface area contributed by atoms with Crippen molar-refractivity contribution < 1.29 is 0 Å². The summed E-state index contributed by atoms with van der Waals surface area (Å²) in [6, 6.07) is 2.05. The van der Waals surface area contributed by atoms with Gasteiger partial charge < -0.3 is 5.32 Å². The molecule has 1 nitrogen and oxygen atoms in total. The standard InChI is InChI=1S/C5H7N/c1-2-5(1)3-4(5)6-3/h3-4,6H,1-2H2. The summed E-state index contributed by atoms with van der Waals surface area (Å²) in [4.78, 5) is 0. The summed E-state index contributed by atoms with van der Waals surface area (Å²) in [6.07, 6.45) is 3.07. The second kappa shape index (κ2) is 0.348. The van der Waals surface area contributed by atoms with Crippen LogP contribution in [0.15, 0.2) is 0 Å². The van der Waals surface area contributed by atoms with Crippen LogP contribution in [0.1, 0.15) is 12.8 Å². The zero-order chi connectivity index (χ0) is 3.78. The van der Waals surface area contributed by atoms with Crippen molar-refractivity contribution in [2.24, 2.45) is 5.41 Å². The first-order chi connectivity index (χ1) is 2.93. The lowest BCUT2D eigenvalue weighted by Crippen LogP contribution is -2.07. The molecule has 1 spiro atoms. The molecule has 1 aliphatic heterocycles. The van der Waals surface area contributed by atoms with E-state index >= 15 is 0 Å². The molecule has 3 aliphatic rings. The maximum atomic E-state index is 3.35. The molecule has 2 aliphatic carbocycles. The molecule has 2 atom stereocenters. The number of rotatable bonds is 0. The van der Waals surface area contributed by atoms with Crippen molar-refractivity contribution in [3.8, 4) is 0 Å². The predicted octanol–water partition coefficient (Wildman–Crippen LogP) is 0.121. The molecule has 1 heterocycles. The molecule has 3 fully saturated rings. The fourth-order valence-corrected chi connectivity index (χ4v) is 1.63. The van der Waals surface area contributed by atoms with E-state index in [1.807, 2.05) is 0 Å². The van der Waals surface area contributed by atoms with Gasteiger partial charge in [0.25, 0.3) is 0 Å². The zero-order valence-corrected chi connectivity index (χ0v) is 3.57. The van der Waals surface area contributed by atoms with Crippen LogP contribution in [0.5, 0.6) is 0 Å². The van der Waals surface area contributed by atoms with Crippen LogP contribution in [0.2, 0.25) is 0 Å². The van der Waals surface area contributed by atoms with Gasteiger partial charge in [-0.25, -0.2) is 0 Å². The average molecular weight is 81.1 g/mol. The third-order valence-electron chi connectivity index (χ3n) is 2.54. The molecule has 1 saturated heterocycles. The molecule has 0 aromatic rings. The lowest BCUT2D eigenvalue weighted by Gasteiger charge is -1.90. The number of hydrogen-bond donors (Lipinski definition) is 1. The maximum Gasteiger partial charge on any atom is 0.0302 e. The molecule has 0 amide bonds. The SMILES string of the molecule is C1CC12C1NC12. The first-order valence-electron chi connectivity index (χ1n) is 2.70. The maximum absolute atomic E-state index is 3.35. The van der Waals surface area contributed by atoms with E-state index in [0.717, 1.165) is 17.5 Å². The van der Waals surface area contributed by atoms with Gasteiger partial charge in [0.05, 0.1) is 0 Å². The Balaban J connectivity index is 2.15. The summed E-state index contributed by atoms with van der Waals surface area (Å²) in [5, 5.41) is 3.35. The molecule has 3 rings (SSSR count). The Labute approximate surface area is 36.7 Å². The van der Waals surface area contributed by atoms with Crippen LogP contribution in [0.3, 0.4) is 0 Å². The van der Waals surface area contributed by atoms with Gasteiger partial charge in [-0.15, -0.1) is 0 Å². The van der Waals surface area contributed by atoms with Gasteiger partial charge in [0.15, 0.2) is 0 Å². The molecule has 0 radical (unpaired) electrons. The largest absolute Gasteiger partial charge is 0.307 e. The number of hydrogen-bond acceptors (Lipinski definition) is 1. The quantitative estimate of drug-likeness (QED) is 0.411. The number of nitrogens with one attached hydrogen (secondary N) is 1. The minimum Gasteiger partial charge on any atom is -0.307 e. The highest BCUT2D eigenvalue weighted by Gasteiger charge is 2.82. The average Bonchev–Trinajstić information content (AvgIpc) is 2.30. The second-order valence-electron chi connectivity index (χ2n) is 2.86. The van der Waals surface area contributed by atoms with Crippen LogP contribution in [0, 0.1) is 5.41 Å². The van der Waals surface area contributed by atoms with Crippen molar-refractivity contribution in [2.75, 3.05) is 0 Å². The zero-order valence-electron chi connectivity index (χ0n) is 3.57. The smallest absolute Gasteiger partial charge is 0.0302 e. The first kappa shape index (κ1) is 2.31. The molecule has 32 valence electrons. The molecule has 2 saturated carbocycles.